The first-order chi connectivity index (χ1) is 9.60. The molecule has 0 aliphatic heterocycles. The number of nitrogens with one attached hydrogen (secondary N) is 1. The van der Waals surface area contributed by atoms with Crippen molar-refractivity contribution in [3.05, 3.63) is 29.8 Å². The molecule has 2 rings (SSSR count). The number of benzene rings is 1. The van der Waals surface area contributed by atoms with Crippen LogP contribution in [0.4, 0.5) is 0 Å². The van der Waals surface area contributed by atoms with Crippen molar-refractivity contribution in [2.75, 3.05) is 0 Å². The summed E-state index contributed by atoms with van der Waals surface area (Å²) in [4.78, 5) is 12.0. The topological polar surface area (TPSA) is 99.1 Å². The Morgan fingerprint density at radius 2 is 2.15 bits per heavy atom. The largest absolute Gasteiger partial charge is 0.508 e. The summed E-state index contributed by atoms with van der Waals surface area (Å²) in [5, 5.41) is 21.1. The van der Waals surface area contributed by atoms with Gasteiger partial charge in [-0.3, -0.25) is 4.79 Å². The monoisotopic (exact) mass is 273 g/mol. The molecule has 2 unspecified atom stereocenters. The van der Waals surface area contributed by atoms with E-state index in [0.717, 1.165) is 24.8 Å². The van der Waals surface area contributed by atoms with E-state index < -0.39 is 6.04 Å². The molecule has 0 bridgehead atoms. The van der Waals surface area contributed by atoms with Crippen molar-refractivity contribution >= 4 is 5.91 Å². The molecule has 0 radical (unpaired) electrons. The van der Waals surface area contributed by atoms with Crippen LogP contribution in [0.15, 0.2) is 24.3 Å². The molecule has 1 fully saturated rings. The lowest BCUT2D eigenvalue weighted by Crippen LogP contribution is -2.47. The van der Waals surface area contributed by atoms with Gasteiger partial charge in [0.25, 0.3) is 0 Å². The molecule has 1 aromatic rings. The van der Waals surface area contributed by atoms with Crippen molar-refractivity contribution < 1.29 is 9.90 Å². The molecule has 5 heteroatoms. The standard InChI is InChI=1S/C15H19N3O2/c16-9-11-2-1-3-14(11)18-15(20)13(17)8-10-4-6-12(19)7-5-10/h4-7,11,13-14,19H,1-3,8,17H2,(H,18,20)/t11?,13-,14?/m1/s1. The lowest BCUT2D eigenvalue weighted by molar-refractivity contribution is -0.123. The number of nitrogens with zero attached hydrogens (tertiary/aromatic N) is 1. The number of hydrogen-bond acceptors (Lipinski definition) is 4. The van der Waals surface area contributed by atoms with E-state index in [1.54, 1.807) is 24.3 Å². The van der Waals surface area contributed by atoms with Gasteiger partial charge in [-0.25, -0.2) is 0 Å². The second-order valence-electron chi connectivity index (χ2n) is 5.26. The van der Waals surface area contributed by atoms with Crippen LogP contribution in [0.1, 0.15) is 24.8 Å². The van der Waals surface area contributed by atoms with Gasteiger partial charge in [0.2, 0.25) is 5.91 Å². The van der Waals surface area contributed by atoms with E-state index in [9.17, 15) is 9.90 Å². The second kappa shape index (κ2) is 6.40. The quantitative estimate of drug-likeness (QED) is 0.764. The minimum atomic E-state index is -0.639. The number of hydrogen-bond donors (Lipinski definition) is 3. The summed E-state index contributed by atoms with van der Waals surface area (Å²) in [6.07, 6.45) is 3.07. The molecule has 4 N–H and O–H groups in total. The van der Waals surface area contributed by atoms with Gasteiger partial charge in [0, 0.05) is 6.04 Å². The first-order valence-corrected chi connectivity index (χ1v) is 6.83. The summed E-state index contributed by atoms with van der Waals surface area (Å²) in [6.45, 7) is 0. The summed E-state index contributed by atoms with van der Waals surface area (Å²) >= 11 is 0. The number of nitriles is 1. The van der Waals surface area contributed by atoms with Gasteiger partial charge in [0.15, 0.2) is 0 Å². The molecule has 3 atom stereocenters. The van der Waals surface area contributed by atoms with Gasteiger partial charge in [-0.15, -0.1) is 0 Å². The van der Waals surface area contributed by atoms with Crippen LogP contribution in [-0.2, 0) is 11.2 Å². The molecule has 0 heterocycles. The zero-order chi connectivity index (χ0) is 14.5. The molecule has 20 heavy (non-hydrogen) atoms. The zero-order valence-electron chi connectivity index (χ0n) is 11.2. The first kappa shape index (κ1) is 14.4. The highest BCUT2D eigenvalue weighted by Gasteiger charge is 2.29. The molecule has 1 aromatic carbocycles. The average molecular weight is 273 g/mol. The highest BCUT2D eigenvalue weighted by Crippen LogP contribution is 2.24. The summed E-state index contributed by atoms with van der Waals surface area (Å²) in [5.74, 6) is -0.125. The van der Waals surface area contributed by atoms with E-state index in [-0.39, 0.29) is 23.6 Å². The molecular formula is C15H19N3O2. The van der Waals surface area contributed by atoms with E-state index in [1.165, 1.54) is 0 Å². The van der Waals surface area contributed by atoms with Crippen LogP contribution in [0.5, 0.6) is 5.75 Å². The zero-order valence-corrected chi connectivity index (χ0v) is 11.2. The maximum atomic E-state index is 12.0. The predicted octanol–water partition coefficient (Wildman–Crippen LogP) is 1.07. The maximum Gasteiger partial charge on any atom is 0.237 e. The van der Waals surface area contributed by atoms with Crippen LogP contribution in [0, 0.1) is 17.2 Å². The molecule has 1 aliphatic carbocycles. The molecule has 1 aliphatic rings. The molecule has 1 saturated carbocycles. The van der Waals surface area contributed by atoms with Gasteiger partial charge < -0.3 is 16.2 Å². The van der Waals surface area contributed by atoms with Crippen LogP contribution < -0.4 is 11.1 Å². The Morgan fingerprint density at radius 3 is 2.80 bits per heavy atom. The Labute approximate surface area is 118 Å². The smallest absolute Gasteiger partial charge is 0.237 e. The van der Waals surface area contributed by atoms with Crippen molar-refractivity contribution in [1.29, 1.82) is 5.26 Å². The molecule has 1 amide bonds. The summed E-state index contributed by atoms with van der Waals surface area (Å²) < 4.78 is 0. The fraction of sp³-hybridized carbons (Fsp3) is 0.467. The number of phenols is 1. The minimum Gasteiger partial charge on any atom is -0.508 e. The highest BCUT2D eigenvalue weighted by molar-refractivity contribution is 5.82. The van der Waals surface area contributed by atoms with E-state index in [4.69, 9.17) is 11.0 Å². The molecule has 106 valence electrons. The van der Waals surface area contributed by atoms with E-state index in [2.05, 4.69) is 11.4 Å². The van der Waals surface area contributed by atoms with Gasteiger partial charge in [0.1, 0.15) is 5.75 Å². The number of rotatable bonds is 4. The summed E-state index contributed by atoms with van der Waals surface area (Å²) in [5.41, 5.74) is 6.79. The van der Waals surface area contributed by atoms with Gasteiger partial charge in [-0.05, 0) is 43.4 Å². The van der Waals surface area contributed by atoms with Gasteiger partial charge in [-0.1, -0.05) is 12.1 Å². The molecule has 5 nitrogen and oxygen atoms in total. The third-order valence-electron chi connectivity index (χ3n) is 3.74. The molecule has 0 spiro atoms. The van der Waals surface area contributed by atoms with Crippen molar-refractivity contribution in [3.8, 4) is 11.8 Å². The Balaban J connectivity index is 1.89. The number of carbonyl (C=O) groups excluding carboxylic acids is 1. The van der Waals surface area contributed by atoms with Crippen LogP contribution in [0.2, 0.25) is 0 Å². The van der Waals surface area contributed by atoms with E-state index in [1.807, 2.05) is 0 Å². The van der Waals surface area contributed by atoms with Crippen molar-refractivity contribution in [3.63, 3.8) is 0 Å². The van der Waals surface area contributed by atoms with Crippen molar-refractivity contribution in [2.45, 2.75) is 37.8 Å². The van der Waals surface area contributed by atoms with Gasteiger partial charge in [0.05, 0.1) is 18.0 Å². The number of aromatic hydroxyl groups is 1. The molecule has 0 aromatic heterocycles. The number of phenolic OH excluding ortho intramolecular Hbond substituents is 1. The average Bonchev–Trinajstić information content (AvgIpc) is 2.88. The van der Waals surface area contributed by atoms with E-state index >= 15 is 0 Å². The molecular weight excluding hydrogens is 254 g/mol. The highest BCUT2D eigenvalue weighted by atomic mass is 16.3. The van der Waals surface area contributed by atoms with Gasteiger partial charge >= 0.3 is 0 Å². The third-order valence-corrected chi connectivity index (χ3v) is 3.74. The lowest BCUT2D eigenvalue weighted by Gasteiger charge is -2.19. The second-order valence-corrected chi connectivity index (χ2v) is 5.26. The van der Waals surface area contributed by atoms with Crippen LogP contribution in [-0.4, -0.2) is 23.1 Å². The maximum absolute atomic E-state index is 12.0. The summed E-state index contributed by atoms with van der Waals surface area (Å²) in [7, 11) is 0. The fourth-order valence-corrected chi connectivity index (χ4v) is 2.56. The predicted molar refractivity (Wildman–Crippen MR) is 74.7 cm³/mol. The Bertz CT molecular complexity index is 507. The molecule has 0 saturated heterocycles. The van der Waals surface area contributed by atoms with Crippen LogP contribution in [0.3, 0.4) is 0 Å². The fourth-order valence-electron chi connectivity index (χ4n) is 2.56. The third kappa shape index (κ3) is 3.49. The van der Waals surface area contributed by atoms with Crippen LogP contribution in [0.25, 0.3) is 0 Å². The van der Waals surface area contributed by atoms with Crippen LogP contribution >= 0.6 is 0 Å². The van der Waals surface area contributed by atoms with Crippen molar-refractivity contribution in [1.82, 2.24) is 5.32 Å². The first-order valence-electron chi connectivity index (χ1n) is 6.83. The van der Waals surface area contributed by atoms with E-state index in [0.29, 0.717) is 6.42 Å². The number of carbonyl (C=O) groups is 1. The number of amides is 1. The normalized spacial score (nSPS) is 23.0. The summed E-state index contributed by atoms with van der Waals surface area (Å²) in [6, 6.07) is 8.16. The Hall–Kier alpha value is -2.06. The number of nitrogens with two attached hydrogens (primary N) is 1. The van der Waals surface area contributed by atoms with Gasteiger partial charge in [-0.2, -0.15) is 5.26 Å². The minimum absolute atomic E-state index is 0.0710. The Kier molecular flexibility index (Phi) is 4.59. The SMILES string of the molecule is N#CC1CCCC1NC(=O)[C@H](N)Cc1ccc(O)cc1. The lowest BCUT2D eigenvalue weighted by atomic mass is 10.0. The Morgan fingerprint density at radius 1 is 1.45 bits per heavy atom. The van der Waals surface area contributed by atoms with Crippen molar-refractivity contribution in [2.24, 2.45) is 11.7 Å².